The van der Waals surface area contributed by atoms with E-state index in [4.69, 9.17) is 17.4 Å². The molecule has 6 heteroatoms. The monoisotopic (exact) mass is 271 g/mol. The van der Waals surface area contributed by atoms with Crippen molar-refractivity contribution in [2.75, 3.05) is 23.4 Å². The summed E-state index contributed by atoms with van der Waals surface area (Å²) in [5.41, 5.74) is 2.45. The van der Waals surface area contributed by atoms with Crippen LogP contribution in [0.3, 0.4) is 0 Å². The molecule has 0 bridgehead atoms. The molecule has 0 aromatic carbocycles. The summed E-state index contributed by atoms with van der Waals surface area (Å²) in [5, 5.41) is 0.571. The molecule has 1 aromatic heterocycles. The van der Waals surface area contributed by atoms with Crippen LogP contribution in [0.5, 0.6) is 0 Å². The van der Waals surface area contributed by atoms with Crippen LogP contribution in [0.2, 0.25) is 5.02 Å². The molecular weight excluding hydrogens is 250 g/mol. The minimum Gasteiger partial charge on any atom is -0.355 e. The summed E-state index contributed by atoms with van der Waals surface area (Å²) in [6, 6.07) is 0. The molecule has 3 N–H and O–H groups in total. The summed E-state index contributed by atoms with van der Waals surface area (Å²) >= 11 is 6.17. The van der Waals surface area contributed by atoms with Crippen LogP contribution in [0, 0.1) is 0 Å². The summed E-state index contributed by atoms with van der Waals surface area (Å²) in [6.07, 6.45) is 6.12. The molecule has 0 atom stereocenters. The van der Waals surface area contributed by atoms with Gasteiger partial charge in [0.05, 0.1) is 6.20 Å². The van der Waals surface area contributed by atoms with Crippen molar-refractivity contribution < 1.29 is 0 Å². The Bertz CT molecular complexity index is 350. The molecule has 0 saturated heterocycles. The molecule has 1 aromatic rings. The number of rotatable bonds is 8. The van der Waals surface area contributed by atoms with Gasteiger partial charge in [-0.1, -0.05) is 38.3 Å². The number of unbranched alkanes of at least 4 members (excludes halogenated alkanes) is 2. The smallest absolute Gasteiger partial charge is 0.239 e. The van der Waals surface area contributed by atoms with Crippen molar-refractivity contribution in [3.63, 3.8) is 0 Å². The fraction of sp³-hybridized carbons (Fsp3) is 0.667. The first kappa shape index (κ1) is 15.0. The predicted octanol–water partition coefficient (Wildman–Crippen LogP) is 2.82. The van der Waals surface area contributed by atoms with Crippen LogP contribution in [0.1, 0.15) is 39.5 Å². The molecule has 0 aliphatic rings. The van der Waals surface area contributed by atoms with Crippen LogP contribution >= 0.6 is 11.6 Å². The Morgan fingerprint density at radius 1 is 1.28 bits per heavy atom. The van der Waals surface area contributed by atoms with Gasteiger partial charge in [0.25, 0.3) is 0 Å². The van der Waals surface area contributed by atoms with E-state index in [1.807, 2.05) is 0 Å². The number of hydrogen-bond donors (Lipinski definition) is 2. The molecule has 102 valence electrons. The Hall–Kier alpha value is -1.07. The van der Waals surface area contributed by atoms with Gasteiger partial charge in [-0.15, -0.1) is 0 Å². The molecular formula is C12H22ClN5. The van der Waals surface area contributed by atoms with Crippen LogP contribution < -0.4 is 16.2 Å². The Morgan fingerprint density at radius 2 is 1.89 bits per heavy atom. The highest BCUT2D eigenvalue weighted by molar-refractivity contribution is 6.32. The molecule has 18 heavy (non-hydrogen) atoms. The van der Waals surface area contributed by atoms with Gasteiger partial charge in [0.1, 0.15) is 5.02 Å². The third-order valence-corrected chi connectivity index (χ3v) is 2.98. The third-order valence-electron chi connectivity index (χ3n) is 2.72. The lowest BCUT2D eigenvalue weighted by atomic mass is 10.2. The van der Waals surface area contributed by atoms with Crippen molar-refractivity contribution in [1.82, 2.24) is 9.97 Å². The number of hydrazine groups is 1. The molecule has 0 unspecified atom stereocenters. The topological polar surface area (TPSA) is 67.1 Å². The zero-order valence-corrected chi connectivity index (χ0v) is 11.9. The Morgan fingerprint density at radius 3 is 2.39 bits per heavy atom. The quantitative estimate of drug-likeness (QED) is 0.562. The highest BCUT2D eigenvalue weighted by Gasteiger charge is 2.12. The maximum absolute atomic E-state index is 6.17. The van der Waals surface area contributed by atoms with E-state index in [1.165, 1.54) is 0 Å². The second kappa shape index (κ2) is 8.11. The number of nitrogen functional groups attached to an aromatic ring is 1. The van der Waals surface area contributed by atoms with Crippen LogP contribution in [-0.2, 0) is 0 Å². The van der Waals surface area contributed by atoms with E-state index in [0.717, 1.165) is 44.6 Å². The van der Waals surface area contributed by atoms with Gasteiger partial charge >= 0.3 is 0 Å². The number of nitrogens with two attached hydrogens (primary N) is 1. The first-order chi connectivity index (χ1) is 8.72. The maximum Gasteiger partial charge on any atom is 0.239 e. The summed E-state index contributed by atoms with van der Waals surface area (Å²) < 4.78 is 0. The number of halogens is 1. The number of nitrogens with one attached hydrogen (secondary N) is 1. The lowest BCUT2D eigenvalue weighted by Crippen LogP contribution is -2.27. The van der Waals surface area contributed by atoms with E-state index in [2.05, 4.69) is 34.1 Å². The maximum atomic E-state index is 6.17. The van der Waals surface area contributed by atoms with Crippen molar-refractivity contribution in [2.45, 2.75) is 39.5 Å². The van der Waals surface area contributed by atoms with E-state index in [-0.39, 0.29) is 0 Å². The van der Waals surface area contributed by atoms with Crippen LogP contribution in [0.15, 0.2) is 6.20 Å². The first-order valence-electron chi connectivity index (χ1n) is 6.47. The lowest BCUT2D eigenvalue weighted by Gasteiger charge is -2.24. The average molecular weight is 272 g/mol. The van der Waals surface area contributed by atoms with Crippen LogP contribution in [-0.4, -0.2) is 23.1 Å². The number of nitrogens with zero attached hydrogens (tertiary/aromatic N) is 3. The summed E-state index contributed by atoms with van der Waals surface area (Å²) in [7, 11) is 0. The largest absolute Gasteiger partial charge is 0.355 e. The van der Waals surface area contributed by atoms with E-state index in [1.54, 1.807) is 6.20 Å². The Labute approximate surface area is 114 Å². The van der Waals surface area contributed by atoms with E-state index < -0.39 is 0 Å². The average Bonchev–Trinajstić information content (AvgIpc) is 2.40. The zero-order chi connectivity index (χ0) is 13.4. The zero-order valence-electron chi connectivity index (χ0n) is 11.1. The highest BCUT2D eigenvalue weighted by atomic mass is 35.5. The standard InChI is InChI=1S/C12H22ClN5/c1-3-5-7-18(8-6-4-2)11-10(13)9-15-12(16-11)17-14/h9H,3-8,14H2,1-2H3,(H,15,16,17). The molecule has 1 rings (SSSR count). The summed E-state index contributed by atoms with van der Waals surface area (Å²) in [5.74, 6) is 6.49. The van der Waals surface area contributed by atoms with Gasteiger partial charge in [0, 0.05) is 13.1 Å². The number of hydrogen-bond acceptors (Lipinski definition) is 5. The third kappa shape index (κ3) is 4.31. The first-order valence-corrected chi connectivity index (χ1v) is 6.84. The van der Waals surface area contributed by atoms with Gasteiger partial charge in [-0.3, -0.25) is 5.43 Å². The van der Waals surface area contributed by atoms with Crippen molar-refractivity contribution in [3.05, 3.63) is 11.2 Å². The van der Waals surface area contributed by atoms with Crippen molar-refractivity contribution in [1.29, 1.82) is 0 Å². The molecule has 0 spiro atoms. The fourth-order valence-electron chi connectivity index (χ4n) is 1.67. The number of aromatic nitrogens is 2. The molecule has 1 heterocycles. The SMILES string of the molecule is CCCCN(CCCC)c1nc(NN)ncc1Cl. The van der Waals surface area contributed by atoms with Gasteiger partial charge in [-0.2, -0.15) is 4.98 Å². The van der Waals surface area contributed by atoms with E-state index in [9.17, 15) is 0 Å². The van der Waals surface area contributed by atoms with Gasteiger partial charge < -0.3 is 4.90 Å². The van der Waals surface area contributed by atoms with E-state index in [0.29, 0.717) is 11.0 Å². The molecule has 0 amide bonds. The van der Waals surface area contributed by atoms with Gasteiger partial charge in [-0.25, -0.2) is 10.8 Å². The molecule has 0 saturated carbocycles. The van der Waals surface area contributed by atoms with Crippen molar-refractivity contribution >= 4 is 23.4 Å². The van der Waals surface area contributed by atoms with Crippen molar-refractivity contribution in [3.8, 4) is 0 Å². The Kier molecular flexibility index (Phi) is 6.75. The molecule has 0 fully saturated rings. The molecule has 0 radical (unpaired) electrons. The molecule has 0 aliphatic heterocycles. The lowest BCUT2D eigenvalue weighted by molar-refractivity contribution is 0.671. The minimum absolute atomic E-state index is 0.396. The second-order valence-corrected chi connectivity index (χ2v) is 4.61. The minimum atomic E-state index is 0.396. The van der Waals surface area contributed by atoms with Gasteiger partial charge in [-0.05, 0) is 12.8 Å². The normalized spacial score (nSPS) is 10.4. The second-order valence-electron chi connectivity index (χ2n) is 4.20. The predicted molar refractivity (Wildman–Crippen MR) is 76.9 cm³/mol. The van der Waals surface area contributed by atoms with Gasteiger partial charge in [0.15, 0.2) is 5.82 Å². The van der Waals surface area contributed by atoms with Crippen LogP contribution in [0.25, 0.3) is 0 Å². The summed E-state index contributed by atoms with van der Waals surface area (Å²) in [6.45, 7) is 6.26. The van der Waals surface area contributed by atoms with Crippen molar-refractivity contribution in [2.24, 2.45) is 5.84 Å². The highest BCUT2D eigenvalue weighted by Crippen LogP contribution is 2.24. The summed E-state index contributed by atoms with van der Waals surface area (Å²) in [4.78, 5) is 10.5. The van der Waals surface area contributed by atoms with Crippen LogP contribution in [0.4, 0.5) is 11.8 Å². The van der Waals surface area contributed by atoms with Gasteiger partial charge in [0.2, 0.25) is 5.95 Å². The molecule has 0 aliphatic carbocycles. The van der Waals surface area contributed by atoms with E-state index >= 15 is 0 Å². The molecule has 5 nitrogen and oxygen atoms in total. The number of anilines is 2. The fourth-order valence-corrected chi connectivity index (χ4v) is 1.88. The Balaban J connectivity index is 2.87.